The maximum absolute atomic E-state index is 12.6. The molecule has 1 saturated heterocycles. The largest absolute Gasteiger partial charge is 0.337 e. The van der Waals surface area contributed by atoms with Gasteiger partial charge >= 0.3 is 0 Å². The van der Waals surface area contributed by atoms with Crippen molar-refractivity contribution in [3.63, 3.8) is 0 Å². The van der Waals surface area contributed by atoms with Crippen LogP contribution in [0, 0.1) is 6.92 Å². The van der Waals surface area contributed by atoms with Crippen LogP contribution in [0.1, 0.15) is 27.5 Å². The summed E-state index contributed by atoms with van der Waals surface area (Å²) in [5.74, 6) is 0.125. The molecule has 0 unspecified atom stereocenters. The van der Waals surface area contributed by atoms with Gasteiger partial charge in [0.15, 0.2) is 0 Å². The highest BCUT2D eigenvalue weighted by Crippen LogP contribution is 2.17. The topological polar surface area (TPSA) is 49.3 Å². The number of carbonyl (C=O) groups is 1. The standard InChI is InChI=1S/C16H20N4OS/c1-13-15(22-12-18-13)16(21)20-8-4-7-19(9-10-20)11-14-5-2-3-6-17-14/h2-3,5-6,12H,4,7-11H2,1H3. The van der Waals surface area contributed by atoms with Gasteiger partial charge in [0.2, 0.25) is 0 Å². The van der Waals surface area contributed by atoms with Gasteiger partial charge < -0.3 is 4.90 Å². The molecule has 0 atom stereocenters. The smallest absolute Gasteiger partial charge is 0.265 e. The van der Waals surface area contributed by atoms with Crippen LogP contribution in [0.25, 0.3) is 0 Å². The first-order valence-corrected chi connectivity index (χ1v) is 8.43. The molecule has 0 bridgehead atoms. The summed E-state index contributed by atoms with van der Waals surface area (Å²) in [6, 6.07) is 6.00. The average molecular weight is 316 g/mol. The van der Waals surface area contributed by atoms with Crippen molar-refractivity contribution in [2.75, 3.05) is 26.2 Å². The molecule has 0 aromatic carbocycles. The summed E-state index contributed by atoms with van der Waals surface area (Å²) in [6.45, 7) is 6.22. The number of aromatic nitrogens is 2. The molecule has 6 heteroatoms. The molecule has 0 radical (unpaired) electrons. The molecule has 1 aliphatic rings. The zero-order valence-electron chi connectivity index (χ0n) is 12.7. The second-order valence-electron chi connectivity index (χ2n) is 5.51. The van der Waals surface area contributed by atoms with E-state index in [0.29, 0.717) is 0 Å². The molecular weight excluding hydrogens is 296 g/mol. The molecule has 0 aliphatic carbocycles. The van der Waals surface area contributed by atoms with Crippen molar-refractivity contribution in [1.82, 2.24) is 19.8 Å². The van der Waals surface area contributed by atoms with E-state index in [4.69, 9.17) is 0 Å². The van der Waals surface area contributed by atoms with Crippen LogP contribution in [0.5, 0.6) is 0 Å². The fraction of sp³-hybridized carbons (Fsp3) is 0.438. The van der Waals surface area contributed by atoms with Gasteiger partial charge in [-0.25, -0.2) is 4.98 Å². The summed E-state index contributed by atoms with van der Waals surface area (Å²) in [4.78, 5) is 26.2. The summed E-state index contributed by atoms with van der Waals surface area (Å²) in [5, 5.41) is 0. The van der Waals surface area contributed by atoms with Crippen molar-refractivity contribution in [3.05, 3.63) is 46.2 Å². The van der Waals surface area contributed by atoms with Crippen LogP contribution in [0.4, 0.5) is 0 Å². The Bertz CT molecular complexity index is 628. The first-order chi connectivity index (χ1) is 10.7. The Kier molecular flexibility index (Phi) is 4.80. The number of hydrogen-bond acceptors (Lipinski definition) is 5. The normalized spacial score (nSPS) is 16.5. The van der Waals surface area contributed by atoms with Crippen LogP contribution in [-0.4, -0.2) is 51.9 Å². The minimum absolute atomic E-state index is 0.125. The monoisotopic (exact) mass is 316 g/mol. The summed E-state index contributed by atoms with van der Waals surface area (Å²) in [5.41, 5.74) is 3.67. The van der Waals surface area contributed by atoms with E-state index >= 15 is 0 Å². The molecular formula is C16H20N4OS. The van der Waals surface area contributed by atoms with Crippen molar-refractivity contribution in [3.8, 4) is 0 Å². The zero-order valence-corrected chi connectivity index (χ0v) is 13.6. The molecule has 2 aromatic rings. The number of amides is 1. The van der Waals surface area contributed by atoms with Crippen molar-refractivity contribution in [2.45, 2.75) is 19.9 Å². The van der Waals surface area contributed by atoms with Gasteiger partial charge in [-0.2, -0.15) is 0 Å². The van der Waals surface area contributed by atoms with Gasteiger partial charge in [-0.3, -0.25) is 14.7 Å². The Morgan fingerprint density at radius 2 is 2.14 bits per heavy atom. The molecule has 22 heavy (non-hydrogen) atoms. The van der Waals surface area contributed by atoms with Gasteiger partial charge in [0.25, 0.3) is 5.91 Å². The van der Waals surface area contributed by atoms with Gasteiger partial charge in [0, 0.05) is 38.9 Å². The van der Waals surface area contributed by atoms with Crippen molar-refractivity contribution in [1.29, 1.82) is 0 Å². The maximum atomic E-state index is 12.6. The lowest BCUT2D eigenvalue weighted by Crippen LogP contribution is -2.35. The minimum Gasteiger partial charge on any atom is -0.337 e. The first kappa shape index (κ1) is 15.1. The Morgan fingerprint density at radius 3 is 2.86 bits per heavy atom. The molecule has 5 nitrogen and oxygen atoms in total. The number of carbonyl (C=O) groups excluding carboxylic acids is 1. The third-order valence-electron chi connectivity index (χ3n) is 3.93. The lowest BCUT2D eigenvalue weighted by atomic mass is 10.3. The summed E-state index contributed by atoms with van der Waals surface area (Å²) < 4.78 is 0. The van der Waals surface area contributed by atoms with E-state index in [2.05, 4.69) is 20.9 Å². The molecule has 0 spiro atoms. The Balaban J connectivity index is 1.60. The van der Waals surface area contributed by atoms with Crippen LogP contribution in [0.2, 0.25) is 0 Å². The van der Waals surface area contributed by atoms with E-state index in [1.54, 1.807) is 5.51 Å². The molecule has 2 aromatic heterocycles. The zero-order chi connectivity index (χ0) is 15.4. The number of aryl methyl sites for hydroxylation is 1. The highest BCUT2D eigenvalue weighted by molar-refractivity contribution is 7.11. The van der Waals surface area contributed by atoms with Crippen LogP contribution in [0.3, 0.4) is 0 Å². The Hall–Kier alpha value is -1.79. The number of nitrogens with zero attached hydrogens (tertiary/aromatic N) is 4. The van der Waals surface area contributed by atoms with Gasteiger partial charge in [0.1, 0.15) is 4.88 Å². The molecule has 3 heterocycles. The van der Waals surface area contributed by atoms with Crippen molar-refractivity contribution in [2.24, 2.45) is 0 Å². The quantitative estimate of drug-likeness (QED) is 0.871. The van der Waals surface area contributed by atoms with Crippen LogP contribution >= 0.6 is 11.3 Å². The number of thiazole rings is 1. The molecule has 3 rings (SSSR count). The fourth-order valence-electron chi connectivity index (χ4n) is 2.70. The van der Waals surface area contributed by atoms with Crippen LogP contribution in [-0.2, 0) is 6.54 Å². The van der Waals surface area contributed by atoms with Crippen molar-refractivity contribution < 1.29 is 4.79 Å². The highest BCUT2D eigenvalue weighted by Gasteiger charge is 2.22. The lowest BCUT2D eigenvalue weighted by molar-refractivity contribution is 0.0765. The lowest BCUT2D eigenvalue weighted by Gasteiger charge is -2.21. The van der Waals surface area contributed by atoms with E-state index in [1.807, 2.05) is 30.2 Å². The number of rotatable bonds is 3. The third-order valence-corrected chi connectivity index (χ3v) is 4.84. The molecule has 0 N–H and O–H groups in total. The molecule has 116 valence electrons. The van der Waals surface area contributed by atoms with Crippen LogP contribution in [0.15, 0.2) is 29.9 Å². The Morgan fingerprint density at radius 1 is 1.23 bits per heavy atom. The van der Waals surface area contributed by atoms with E-state index in [9.17, 15) is 4.79 Å². The van der Waals surface area contributed by atoms with E-state index in [0.717, 1.165) is 55.4 Å². The van der Waals surface area contributed by atoms with E-state index in [-0.39, 0.29) is 5.91 Å². The second-order valence-corrected chi connectivity index (χ2v) is 6.36. The van der Waals surface area contributed by atoms with Crippen LogP contribution < -0.4 is 0 Å². The molecule has 0 saturated carbocycles. The van der Waals surface area contributed by atoms with Gasteiger partial charge in [-0.05, 0) is 25.5 Å². The predicted molar refractivity (Wildman–Crippen MR) is 86.9 cm³/mol. The molecule has 1 aliphatic heterocycles. The fourth-order valence-corrected chi connectivity index (χ4v) is 3.47. The first-order valence-electron chi connectivity index (χ1n) is 7.55. The van der Waals surface area contributed by atoms with Gasteiger partial charge in [-0.15, -0.1) is 11.3 Å². The molecule has 1 amide bonds. The van der Waals surface area contributed by atoms with Crippen molar-refractivity contribution >= 4 is 17.2 Å². The maximum Gasteiger partial charge on any atom is 0.265 e. The number of pyridine rings is 1. The highest BCUT2D eigenvalue weighted by atomic mass is 32.1. The average Bonchev–Trinajstić information content (AvgIpc) is 2.82. The summed E-state index contributed by atoms with van der Waals surface area (Å²) in [6.07, 6.45) is 2.83. The summed E-state index contributed by atoms with van der Waals surface area (Å²) >= 11 is 1.44. The summed E-state index contributed by atoms with van der Waals surface area (Å²) in [7, 11) is 0. The minimum atomic E-state index is 0.125. The predicted octanol–water partition coefficient (Wildman–Crippen LogP) is 2.19. The Labute approximate surface area is 134 Å². The second kappa shape index (κ2) is 6.98. The van der Waals surface area contributed by atoms with Gasteiger partial charge in [0.05, 0.1) is 16.9 Å². The van der Waals surface area contributed by atoms with E-state index < -0.39 is 0 Å². The molecule has 1 fully saturated rings. The number of hydrogen-bond donors (Lipinski definition) is 0. The SMILES string of the molecule is Cc1ncsc1C(=O)N1CCCN(Cc2ccccn2)CC1. The van der Waals surface area contributed by atoms with E-state index in [1.165, 1.54) is 11.3 Å². The van der Waals surface area contributed by atoms with Gasteiger partial charge in [-0.1, -0.05) is 6.07 Å². The third kappa shape index (κ3) is 3.51.